The summed E-state index contributed by atoms with van der Waals surface area (Å²) < 4.78 is 12.0. The van der Waals surface area contributed by atoms with Crippen LogP contribution in [0, 0.1) is 6.92 Å². The highest BCUT2D eigenvalue weighted by atomic mass is 16.5. The molecule has 1 N–H and O–H groups in total. The van der Waals surface area contributed by atoms with E-state index in [1.165, 1.54) is 11.1 Å². The molecule has 0 aliphatic carbocycles. The summed E-state index contributed by atoms with van der Waals surface area (Å²) in [5.74, 6) is 1.40. The third kappa shape index (κ3) is 5.17. The Morgan fingerprint density at radius 3 is 2.47 bits per heavy atom. The van der Waals surface area contributed by atoms with Gasteiger partial charge < -0.3 is 14.4 Å². The highest BCUT2D eigenvalue weighted by molar-refractivity contribution is 6.00. The first-order valence-electron chi connectivity index (χ1n) is 13.5. The summed E-state index contributed by atoms with van der Waals surface area (Å²) in [6.45, 7) is 7.94. The molecule has 6 nitrogen and oxygen atoms in total. The maximum atomic E-state index is 13.8. The largest absolute Gasteiger partial charge is 0.490 e. The van der Waals surface area contributed by atoms with Crippen molar-refractivity contribution in [1.29, 1.82) is 0 Å². The van der Waals surface area contributed by atoms with E-state index >= 15 is 0 Å². The molecule has 1 unspecified atom stereocenters. The second-order valence-electron chi connectivity index (χ2n) is 9.70. The second kappa shape index (κ2) is 11.5. The fourth-order valence-corrected chi connectivity index (χ4v) is 5.01. The summed E-state index contributed by atoms with van der Waals surface area (Å²) in [5.41, 5.74) is 6.61. The lowest BCUT2D eigenvalue weighted by Crippen LogP contribution is -2.31. The Balaban J connectivity index is 1.56. The van der Waals surface area contributed by atoms with Crippen LogP contribution >= 0.6 is 0 Å². The molecule has 0 saturated carbocycles. The molecule has 0 spiro atoms. The van der Waals surface area contributed by atoms with Crippen molar-refractivity contribution in [2.24, 2.45) is 0 Å². The van der Waals surface area contributed by atoms with E-state index < -0.39 is 0 Å². The predicted octanol–water partition coefficient (Wildman–Crippen LogP) is 6.75. The van der Waals surface area contributed by atoms with Gasteiger partial charge in [-0.15, -0.1) is 0 Å². The number of H-pyrrole nitrogens is 1. The number of aromatic amines is 1. The van der Waals surface area contributed by atoms with E-state index in [2.05, 4.69) is 66.5 Å². The molecule has 0 radical (unpaired) electrons. The smallest absolute Gasteiger partial charge is 0.273 e. The van der Waals surface area contributed by atoms with E-state index in [1.54, 1.807) is 0 Å². The topological polar surface area (TPSA) is 67.5 Å². The van der Waals surface area contributed by atoms with E-state index in [0.29, 0.717) is 31.2 Å². The number of ether oxygens (including phenoxy) is 2. The zero-order chi connectivity index (χ0) is 26.5. The normalized spacial score (nSPS) is 14.6. The van der Waals surface area contributed by atoms with Crippen molar-refractivity contribution in [3.63, 3.8) is 0 Å². The second-order valence-corrected chi connectivity index (χ2v) is 9.70. The summed E-state index contributed by atoms with van der Waals surface area (Å²) in [6.07, 6.45) is 2.81. The van der Waals surface area contributed by atoms with Crippen molar-refractivity contribution >= 4 is 5.91 Å². The fraction of sp³-hybridized carbons (Fsp3) is 0.312. The van der Waals surface area contributed by atoms with Crippen LogP contribution in [0.25, 0.3) is 11.3 Å². The molecule has 1 aliphatic heterocycles. The number of carbonyl (C=O) groups excluding carboxylic acids is 1. The maximum absolute atomic E-state index is 13.8. The van der Waals surface area contributed by atoms with E-state index in [4.69, 9.17) is 9.47 Å². The molecule has 196 valence electrons. The standard InChI is InChI=1S/C32H35N3O3/c1-4-6-20-38-26-17-16-25(21-27(26)37-5-2)31-28-29(24-14-12-22(3)13-15-24)33-34-30(28)32(36)35(31)19-18-23-10-8-7-9-11-23/h7-17,21,31H,4-6,18-20H2,1-3H3,(H,33,34). The number of aromatic nitrogens is 2. The lowest BCUT2D eigenvalue weighted by molar-refractivity contribution is 0.0745. The van der Waals surface area contributed by atoms with Gasteiger partial charge in [0.05, 0.1) is 24.9 Å². The van der Waals surface area contributed by atoms with Gasteiger partial charge in [-0.3, -0.25) is 9.89 Å². The van der Waals surface area contributed by atoms with Crippen LogP contribution in [0.15, 0.2) is 72.8 Å². The lowest BCUT2D eigenvalue weighted by atomic mass is 9.95. The monoisotopic (exact) mass is 509 g/mol. The van der Waals surface area contributed by atoms with Crippen molar-refractivity contribution in [2.75, 3.05) is 19.8 Å². The molecule has 1 atom stereocenters. The average Bonchev–Trinajstić information content (AvgIpc) is 3.48. The van der Waals surface area contributed by atoms with Crippen LogP contribution in [0.5, 0.6) is 11.5 Å². The number of hydrogen-bond donors (Lipinski definition) is 1. The van der Waals surface area contributed by atoms with Crippen LogP contribution in [-0.2, 0) is 6.42 Å². The molecule has 4 aromatic rings. The highest BCUT2D eigenvalue weighted by Gasteiger charge is 2.42. The van der Waals surface area contributed by atoms with Gasteiger partial charge in [-0.25, -0.2) is 0 Å². The number of aryl methyl sites for hydroxylation is 1. The molecule has 5 rings (SSSR count). The van der Waals surface area contributed by atoms with Gasteiger partial charge in [-0.05, 0) is 49.9 Å². The van der Waals surface area contributed by atoms with E-state index in [1.807, 2.05) is 42.2 Å². The van der Waals surface area contributed by atoms with Gasteiger partial charge in [0.15, 0.2) is 11.5 Å². The van der Waals surface area contributed by atoms with E-state index in [-0.39, 0.29) is 11.9 Å². The minimum absolute atomic E-state index is 0.0342. The summed E-state index contributed by atoms with van der Waals surface area (Å²) in [4.78, 5) is 15.7. The van der Waals surface area contributed by atoms with Crippen molar-refractivity contribution in [1.82, 2.24) is 15.1 Å². The van der Waals surface area contributed by atoms with Gasteiger partial charge in [-0.1, -0.05) is 79.6 Å². The Hall–Kier alpha value is -4.06. The van der Waals surface area contributed by atoms with Crippen LogP contribution in [0.1, 0.15) is 65.5 Å². The van der Waals surface area contributed by atoms with Crippen molar-refractivity contribution in [3.05, 3.63) is 101 Å². The fourth-order valence-electron chi connectivity index (χ4n) is 5.01. The van der Waals surface area contributed by atoms with Gasteiger partial charge in [0, 0.05) is 17.7 Å². The zero-order valence-electron chi connectivity index (χ0n) is 22.4. The quantitative estimate of drug-likeness (QED) is 0.227. The number of carbonyl (C=O) groups is 1. The van der Waals surface area contributed by atoms with Gasteiger partial charge in [0.2, 0.25) is 0 Å². The zero-order valence-corrected chi connectivity index (χ0v) is 22.4. The third-order valence-corrected chi connectivity index (χ3v) is 7.01. The first-order chi connectivity index (χ1) is 18.6. The first kappa shape index (κ1) is 25.6. The number of nitrogens with zero attached hydrogens (tertiary/aromatic N) is 2. The number of benzene rings is 3. The summed E-state index contributed by atoms with van der Waals surface area (Å²) in [6, 6.07) is 24.3. The minimum Gasteiger partial charge on any atom is -0.490 e. The van der Waals surface area contributed by atoms with Crippen LogP contribution in [0.4, 0.5) is 0 Å². The molecule has 1 aliphatic rings. The molecular weight excluding hydrogens is 474 g/mol. The number of rotatable bonds is 11. The maximum Gasteiger partial charge on any atom is 0.273 e. The summed E-state index contributed by atoms with van der Waals surface area (Å²) >= 11 is 0. The number of fused-ring (bicyclic) bond motifs is 1. The Morgan fingerprint density at radius 2 is 1.74 bits per heavy atom. The number of amides is 1. The first-order valence-corrected chi connectivity index (χ1v) is 13.5. The Bertz CT molecular complexity index is 1380. The predicted molar refractivity (Wildman–Crippen MR) is 150 cm³/mol. The Kier molecular flexibility index (Phi) is 7.78. The van der Waals surface area contributed by atoms with Crippen molar-refractivity contribution in [2.45, 2.75) is 46.1 Å². The van der Waals surface area contributed by atoms with Crippen molar-refractivity contribution in [3.8, 4) is 22.8 Å². The molecule has 0 fully saturated rings. The molecular formula is C32H35N3O3. The molecule has 6 heteroatoms. The van der Waals surface area contributed by atoms with Crippen LogP contribution in [0.2, 0.25) is 0 Å². The minimum atomic E-state index is -0.292. The highest BCUT2D eigenvalue weighted by Crippen LogP contribution is 2.44. The third-order valence-electron chi connectivity index (χ3n) is 7.01. The Morgan fingerprint density at radius 1 is 0.947 bits per heavy atom. The van der Waals surface area contributed by atoms with Gasteiger partial charge >= 0.3 is 0 Å². The molecule has 38 heavy (non-hydrogen) atoms. The number of nitrogens with one attached hydrogen (secondary N) is 1. The molecule has 0 bridgehead atoms. The number of hydrogen-bond acceptors (Lipinski definition) is 4. The summed E-state index contributed by atoms with van der Waals surface area (Å²) in [5, 5.41) is 7.68. The SMILES string of the molecule is CCCCOc1ccc(C2c3c(-c4ccc(C)cc4)n[nH]c3C(=O)N2CCc2ccccc2)cc1OCC. The van der Waals surface area contributed by atoms with Crippen molar-refractivity contribution < 1.29 is 14.3 Å². The summed E-state index contributed by atoms with van der Waals surface area (Å²) in [7, 11) is 0. The van der Waals surface area contributed by atoms with Gasteiger partial charge in [0.1, 0.15) is 5.69 Å². The van der Waals surface area contributed by atoms with E-state index in [9.17, 15) is 4.79 Å². The van der Waals surface area contributed by atoms with E-state index in [0.717, 1.165) is 47.4 Å². The van der Waals surface area contributed by atoms with Gasteiger partial charge in [0.25, 0.3) is 5.91 Å². The van der Waals surface area contributed by atoms with Crippen LogP contribution in [-0.4, -0.2) is 40.8 Å². The lowest BCUT2D eigenvalue weighted by Gasteiger charge is -2.27. The molecule has 3 aromatic carbocycles. The molecule has 2 heterocycles. The van der Waals surface area contributed by atoms with Crippen LogP contribution < -0.4 is 9.47 Å². The van der Waals surface area contributed by atoms with Gasteiger partial charge in [-0.2, -0.15) is 5.10 Å². The average molecular weight is 510 g/mol. The van der Waals surface area contributed by atoms with Crippen LogP contribution in [0.3, 0.4) is 0 Å². The Labute approximate surface area is 224 Å². The molecule has 1 amide bonds. The number of unbranched alkanes of at least 4 members (excludes halogenated alkanes) is 1. The molecule has 1 aromatic heterocycles. The molecule has 0 saturated heterocycles.